The van der Waals surface area contributed by atoms with Gasteiger partial charge in [0.05, 0.1) is 25.2 Å². The van der Waals surface area contributed by atoms with Gasteiger partial charge in [-0.1, -0.05) is 24.9 Å². The predicted octanol–water partition coefficient (Wildman–Crippen LogP) is 3.37. The minimum absolute atomic E-state index is 0.905. The predicted molar refractivity (Wildman–Crippen MR) is 83.7 cm³/mol. The van der Waals surface area contributed by atoms with Crippen molar-refractivity contribution < 1.29 is 0 Å². The third-order valence-electron chi connectivity index (χ3n) is 2.90. The van der Waals surface area contributed by atoms with Gasteiger partial charge in [0.2, 0.25) is 0 Å². The van der Waals surface area contributed by atoms with Gasteiger partial charge in [0.1, 0.15) is 5.69 Å². The molecule has 0 bridgehead atoms. The molecule has 0 spiro atoms. The van der Waals surface area contributed by atoms with Crippen LogP contribution in [0.4, 0.5) is 0 Å². The fraction of sp³-hybridized carbons (Fsp3) is 0.462. The maximum atomic E-state index is 4.60. The van der Waals surface area contributed by atoms with Crippen LogP contribution in [0, 0.1) is 6.92 Å². The molecule has 102 valence electrons. The van der Waals surface area contributed by atoms with Gasteiger partial charge in [-0.15, -0.1) is 5.10 Å². The van der Waals surface area contributed by atoms with Crippen LogP contribution in [0.2, 0.25) is 19.6 Å². The molecule has 0 aromatic carbocycles. The van der Waals surface area contributed by atoms with E-state index in [4.69, 9.17) is 0 Å². The van der Waals surface area contributed by atoms with Gasteiger partial charge in [-0.25, -0.2) is 0 Å². The Hall–Kier alpha value is -1.01. The van der Waals surface area contributed by atoms with Crippen LogP contribution in [0.25, 0.3) is 11.4 Å². The summed E-state index contributed by atoms with van der Waals surface area (Å²) in [5, 5.41) is 8.46. The summed E-state index contributed by atoms with van der Waals surface area (Å²) < 4.78 is 2.90. The van der Waals surface area contributed by atoms with Crippen LogP contribution in [0.1, 0.15) is 11.4 Å². The van der Waals surface area contributed by atoms with E-state index in [0.29, 0.717) is 0 Å². The quantitative estimate of drug-likeness (QED) is 0.806. The molecule has 2 rings (SSSR count). The molecule has 0 saturated carbocycles. The van der Waals surface area contributed by atoms with Gasteiger partial charge in [-0.3, -0.25) is 9.67 Å². The highest BCUT2D eigenvalue weighted by atomic mass is 79.9. The Labute approximate surface area is 123 Å². The summed E-state index contributed by atoms with van der Waals surface area (Å²) in [6, 6.07) is 5.07. The Morgan fingerprint density at radius 2 is 1.95 bits per heavy atom. The Morgan fingerprint density at radius 3 is 2.53 bits per heavy atom. The van der Waals surface area contributed by atoms with E-state index in [1.54, 1.807) is 0 Å². The normalized spacial score (nSPS) is 11.9. The zero-order valence-electron chi connectivity index (χ0n) is 12.0. The van der Waals surface area contributed by atoms with E-state index in [9.17, 15) is 0 Å². The minimum atomic E-state index is -1.22. The molecule has 2 heterocycles. The summed E-state index contributed by atoms with van der Waals surface area (Å²) in [5.74, 6) is 0. The number of aryl methyl sites for hydroxylation is 2. The number of halogens is 1. The number of hydrogen-bond acceptors (Lipinski definition) is 3. The number of nitrogens with zero attached hydrogens (tertiary/aromatic N) is 4. The number of aromatic nitrogens is 4. The first-order valence-corrected chi connectivity index (χ1v) is 10.8. The Balaban J connectivity index is 2.48. The average Bonchev–Trinajstić information content (AvgIpc) is 2.63. The van der Waals surface area contributed by atoms with Crippen molar-refractivity contribution in [3.05, 3.63) is 28.0 Å². The lowest BCUT2D eigenvalue weighted by Crippen LogP contribution is -2.25. The topological polar surface area (TPSA) is 43.6 Å². The van der Waals surface area contributed by atoms with E-state index in [2.05, 4.69) is 50.9 Å². The average molecular weight is 339 g/mol. The molecule has 2 aromatic rings. The summed E-state index contributed by atoms with van der Waals surface area (Å²) in [6.45, 7) is 9.04. The molecule has 0 fully saturated rings. The van der Waals surface area contributed by atoms with Crippen LogP contribution in [0.15, 0.2) is 16.6 Å². The van der Waals surface area contributed by atoms with Gasteiger partial charge in [-0.05, 0) is 41.0 Å². The SMILES string of the molecule is Cc1nc(-c2nnn(C)c2C[Si](C)(C)C)ccc1Br. The van der Waals surface area contributed by atoms with E-state index >= 15 is 0 Å². The second-order valence-corrected chi connectivity index (χ2v) is 12.3. The number of hydrogen-bond donors (Lipinski definition) is 0. The van der Waals surface area contributed by atoms with E-state index in [-0.39, 0.29) is 0 Å². The van der Waals surface area contributed by atoms with Crippen LogP contribution >= 0.6 is 15.9 Å². The monoisotopic (exact) mass is 338 g/mol. The Kier molecular flexibility index (Phi) is 3.92. The second kappa shape index (κ2) is 5.17. The molecule has 6 heteroatoms. The summed E-state index contributed by atoms with van der Waals surface area (Å²) >= 11 is 3.48. The molecule has 0 aliphatic carbocycles. The van der Waals surface area contributed by atoms with Gasteiger partial charge in [-0.2, -0.15) is 0 Å². The smallest absolute Gasteiger partial charge is 0.134 e. The largest absolute Gasteiger partial charge is 0.252 e. The van der Waals surface area contributed by atoms with Gasteiger partial charge < -0.3 is 0 Å². The molecular formula is C13H19BrN4Si. The van der Waals surface area contributed by atoms with E-state index in [1.807, 2.05) is 30.8 Å². The molecular weight excluding hydrogens is 320 g/mol. The standard InChI is InChI=1S/C13H19BrN4Si/c1-9-10(14)6-7-11(15-9)13-12(8-19(3,4)5)18(2)17-16-13/h6-7H,8H2,1-5H3. The highest BCUT2D eigenvalue weighted by Gasteiger charge is 2.22. The van der Waals surface area contributed by atoms with Crippen molar-refractivity contribution in [2.45, 2.75) is 32.6 Å². The summed E-state index contributed by atoms with van der Waals surface area (Å²) in [4.78, 5) is 4.60. The summed E-state index contributed by atoms with van der Waals surface area (Å²) in [7, 11) is 0.736. The molecule has 4 nitrogen and oxygen atoms in total. The number of pyridine rings is 1. The van der Waals surface area contributed by atoms with Crippen molar-refractivity contribution in [3.63, 3.8) is 0 Å². The summed E-state index contributed by atoms with van der Waals surface area (Å²) in [6.07, 6.45) is 0. The summed E-state index contributed by atoms with van der Waals surface area (Å²) in [5.41, 5.74) is 3.98. The van der Waals surface area contributed by atoms with Crippen LogP contribution in [-0.2, 0) is 13.1 Å². The first-order chi connectivity index (χ1) is 8.78. The molecule has 0 unspecified atom stereocenters. The molecule has 0 aliphatic heterocycles. The molecule has 0 amide bonds. The van der Waals surface area contributed by atoms with Gasteiger partial charge in [0, 0.05) is 11.5 Å². The van der Waals surface area contributed by atoms with Crippen LogP contribution < -0.4 is 0 Å². The van der Waals surface area contributed by atoms with Crippen molar-refractivity contribution in [1.29, 1.82) is 0 Å². The zero-order valence-corrected chi connectivity index (χ0v) is 14.6. The first-order valence-electron chi connectivity index (χ1n) is 6.30. The van der Waals surface area contributed by atoms with E-state index in [0.717, 1.165) is 27.6 Å². The minimum Gasteiger partial charge on any atom is -0.252 e. The van der Waals surface area contributed by atoms with E-state index in [1.165, 1.54) is 5.69 Å². The third-order valence-corrected chi connectivity index (χ3v) is 5.14. The highest BCUT2D eigenvalue weighted by molar-refractivity contribution is 9.10. The van der Waals surface area contributed by atoms with Crippen molar-refractivity contribution in [2.24, 2.45) is 7.05 Å². The van der Waals surface area contributed by atoms with Crippen molar-refractivity contribution in [3.8, 4) is 11.4 Å². The molecule has 2 aromatic heterocycles. The van der Waals surface area contributed by atoms with Gasteiger partial charge >= 0.3 is 0 Å². The molecule has 0 radical (unpaired) electrons. The Bertz CT molecular complexity index is 601. The van der Waals surface area contributed by atoms with Gasteiger partial charge in [0.25, 0.3) is 0 Å². The van der Waals surface area contributed by atoms with Crippen LogP contribution in [0.5, 0.6) is 0 Å². The Morgan fingerprint density at radius 1 is 1.26 bits per heavy atom. The fourth-order valence-electron chi connectivity index (χ4n) is 1.95. The fourth-order valence-corrected chi connectivity index (χ4v) is 3.57. The maximum Gasteiger partial charge on any atom is 0.134 e. The van der Waals surface area contributed by atoms with Gasteiger partial charge in [0.15, 0.2) is 0 Å². The van der Waals surface area contributed by atoms with Crippen molar-refractivity contribution in [1.82, 2.24) is 20.0 Å². The molecule has 0 atom stereocenters. The lowest BCUT2D eigenvalue weighted by atomic mass is 10.2. The maximum absolute atomic E-state index is 4.60. The molecule has 0 aliphatic rings. The van der Waals surface area contributed by atoms with Crippen molar-refractivity contribution in [2.75, 3.05) is 0 Å². The molecule has 0 saturated heterocycles. The molecule has 19 heavy (non-hydrogen) atoms. The third kappa shape index (κ3) is 3.30. The lowest BCUT2D eigenvalue weighted by Gasteiger charge is -2.16. The van der Waals surface area contributed by atoms with Crippen LogP contribution in [-0.4, -0.2) is 28.1 Å². The highest BCUT2D eigenvalue weighted by Crippen LogP contribution is 2.24. The van der Waals surface area contributed by atoms with Crippen molar-refractivity contribution >= 4 is 24.0 Å². The van der Waals surface area contributed by atoms with E-state index < -0.39 is 8.07 Å². The number of rotatable bonds is 3. The molecule has 0 N–H and O–H groups in total. The second-order valence-electron chi connectivity index (χ2n) is 6.01. The zero-order chi connectivity index (χ0) is 14.2. The lowest BCUT2D eigenvalue weighted by molar-refractivity contribution is 0.691. The van der Waals surface area contributed by atoms with Crippen LogP contribution in [0.3, 0.4) is 0 Å². The first kappa shape index (κ1) is 14.4.